The molecule has 0 saturated carbocycles. The molecule has 128 valence electrons. The molecule has 0 saturated heterocycles. The SMILES string of the molecule is Oc1ccc(C(c2ccc(O)cc2O)c2c(O)cccc2O)c(O)c1. The zero-order chi connectivity index (χ0) is 18.1. The molecular formula is C19H16O6. The molecule has 0 amide bonds. The quantitative estimate of drug-likeness (QED) is 0.408. The molecule has 25 heavy (non-hydrogen) atoms. The van der Waals surface area contributed by atoms with Gasteiger partial charge in [0.25, 0.3) is 0 Å². The lowest BCUT2D eigenvalue weighted by molar-refractivity contribution is 0.426. The first-order valence-corrected chi connectivity index (χ1v) is 7.43. The van der Waals surface area contributed by atoms with E-state index in [4.69, 9.17) is 0 Å². The molecular weight excluding hydrogens is 324 g/mol. The van der Waals surface area contributed by atoms with Crippen LogP contribution in [0.5, 0.6) is 34.5 Å². The standard InChI is InChI=1S/C19H16O6/c20-10-4-6-12(16(24)8-10)18(13-7-5-11(21)9-17(13)25)19-14(22)2-1-3-15(19)23/h1-9,18,20-25H. The van der Waals surface area contributed by atoms with Crippen molar-refractivity contribution >= 4 is 0 Å². The topological polar surface area (TPSA) is 121 Å². The van der Waals surface area contributed by atoms with Crippen LogP contribution in [0.25, 0.3) is 0 Å². The van der Waals surface area contributed by atoms with E-state index in [1.165, 1.54) is 42.5 Å². The van der Waals surface area contributed by atoms with E-state index >= 15 is 0 Å². The fraction of sp³-hybridized carbons (Fsp3) is 0.0526. The van der Waals surface area contributed by atoms with Crippen molar-refractivity contribution in [2.45, 2.75) is 5.92 Å². The Labute approximate surface area is 143 Å². The molecule has 0 aliphatic heterocycles. The number of hydrogen-bond acceptors (Lipinski definition) is 6. The lowest BCUT2D eigenvalue weighted by atomic mass is 9.83. The van der Waals surface area contributed by atoms with Crippen LogP contribution in [0.15, 0.2) is 54.6 Å². The van der Waals surface area contributed by atoms with E-state index in [2.05, 4.69) is 0 Å². The second-order valence-electron chi connectivity index (χ2n) is 5.63. The summed E-state index contributed by atoms with van der Waals surface area (Å²) in [4.78, 5) is 0. The van der Waals surface area contributed by atoms with Crippen LogP contribution in [0, 0.1) is 0 Å². The third-order valence-electron chi connectivity index (χ3n) is 4.00. The third kappa shape index (κ3) is 2.97. The van der Waals surface area contributed by atoms with Crippen molar-refractivity contribution < 1.29 is 30.6 Å². The maximum Gasteiger partial charge on any atom is 0.123 e. The molecule has 0 aromatic heterocycles. The van der Waals surface area contributed by atoms with Gasteiger partial charge in [-0.1, -0.05) is 18.2 Å². The minimum Gasteiger partial charge on any atom is -0.508 e. The van der Waals surface area contributed by atoms with Gasteiger partial charge in [-0.25, -0.2) is 0 Å². The highest BCUT2D eigenvalue weighted by atomic mass is 16.3. The fourth-order valence-corrected chi connectivity index (χ4v) is 2.87. The fourth-order valence-electron chi connectivity index (χ4n) is 2.87. The van der Waals surface area contributed by atoms with Crippen molar-refractivity contribution in [3.8, 4) is 34.5 Å². The maximum atomic E-state index is 10.3. The Hall–Kier alpha value is -3.54. The van der Waals surface area contributed by atoms with E-state index in [9.17, 15) is 30.6 Å². The first kappa shape index (κ1) is 16.3. The third-order valence-corrected chi connectivity index (χ3v) is 4.00. The van der Waals surface area contributed by atoms with Gasteiger partial charge in [0.05, 0.1) is 0 Å². The Morgan fingerprint density at radius 1 is 0.520 bits per heavy atom. The summed E-state index contributed by atoms with van der Waals surface area (Å²) in [5.41, 5.74) is 0.565. The smallest absolute Gasteiger partial charge is 0.123 e. The average Bonchev–Trinajstić information content (AvgIpc) is 2.53. The Balaban J connectivity index is 2.32. The summed E-state index contributed by atoms with van der Waals surface area (Å²) in [6, 6.07) is 12.0. The van der Waals surface area contributed by atoms with E-state index in [-0.39, 0.29) is 51.2 Å². The zero-order valence-electron chi connectivity index (χ0n) is 13.0. The summed E-state index contributed by atoms with van der Waals surface area (Å²) < 4.78 is 0. The number of aromatic hydroxyl groups is 6. The van der Waals surface area contributed by atoms with Gasteiger partial charge in [0.1, 0.15) is 34.5 Å². The highest BCUT2D eigenvalue weighted by molar-refractivity contribution is 5.60. The van der Waals surface area contributed by atoms with Crippen LogP contribution in [0.2, 0.25) is 0 Å². The largest absolute Gasteiger partial charge is 0.508 e. The van der Waals surface area contributed by atoms with Crippen LogP contribution < -0.4 is 0 Å². The van der Waals surface area contributed by atoms with Crippen LogP contribution in [0.4, 0.5) is 0 Å². The number of phenolic OH excluding ortho intramolecular Hbond substituents is 6. The predicted molar refractivity (Wildman–Crippen MR) is 90.3 cm³/mol. The van der Waals surface area contributed by atoms with Crippen molar-refractivity contribution in [1.82, 2.24) is 0 Å². The Morgan fingerprint density at radius 3 is 1.36 bits per heavy atom. The van der Waals surface area contributed by atoms with Crippen molar-refractivity contribution in [2.75, 3.05) is 0 Å². The number of hydrogen-bond donors (Lipinski definition) is 6. The molecule has 0 bridgehead atoms. The Morgan fingerprint density at radius 2 is 0.960 bits per heavy atom. The second kappa shape index (κ2) is 6.16. The van der Waals surface area contributed by atoms with Crippen molar-refractivity contribution in [2.24, 2.45) is 0 Å². The number of phenols is 6. The molecule has 6 nitrogen and oxygen atoms in total. The molecule has 0 heterocycles. The Kier molecular flexibility index (Phi) is 4.02. The molecule has 3 aromatic carbocycles. The van der Waals surface area contributed by atoms with Crippen LogP contribution in [-0.4, -0.2) is 30.6 Å². The zero-order valence-corrected chi connectivity index (χ0v) is 13.0. The molecule has 0 aliphatic carbocycles. The van der Waals surface area contributed by atoms with Gasteiger partial charge in [0, 0.05) is 34.7 Å². The monoisotopic (exact) mass is 340 g/mol. The van der Waals surface area contributed by atoms with Gasteiger partial charge in [-0.2, -0.15) is 0 Å². The maximum absolute atomic E-state index is 10.3. The van der Waals surface area contributed by atoms with Crippen LogP contribution in [-0.2, 0) is 0 Å². The molecule has 3 rings (SSSR count). The minimum absolute atomic E-state index is 0.0736. The summed E-state index contributed by atoms with van der Waals surface area (Å²) in [5, 5.41) is 60.1. The van der Waals surface area contributed by atoms with E-state index < -0.39 is 5.92 Å². The predicted octanol–water partition coefficient (Wildman–Crippen LogP) is 3.10. The first-order chi connectivity index (χ1) is 11.9. The summed E-state index contributed by atoms with van der Waals surface area (Å²) in [6.45, 7) is 0. The van der Waals surface area contributed by atoms with Crippen molar-refractivity contribution in [3.63, 3.8) is 0 Å². The molecule has 0 fully saturated rings. The molecule has 3 aromatic rings. The van der Waals surface area contributed by atoms with E-state index in [1.807, 2.05) is 0 Å². The minimum atomic E-state index is -0.942. The van der Waals surface area contributed by atoms with Crippen LogP contribution >= 0.6 is 0 Å². The van der Waals surface area contributed by atoms with E-state index in [0.717, 1.165) is 12.1 Å². The van der Waals surface area contributed by atoms with E-state index in [1.54, 1.807) is 0 Å². The summed E-state index contributed by atoms with van der Waals surface area (Å²) in [7, 11) is 0. The molecule has 0 atom stereocenters. The molecule has 6 heteroatoms. The van der Waals surface area contributed by atoms with Crippen LogP contribution in [0.1, 0.15) is 22.6 Å². The van der Waals surface area contributed by atoms with Gasteiger partial charge >= 0.3 is 0 Å². The van der Waals surface area contributed by atoms with Gasteiger partial charge in [0.15, 0.2) is 0 Å². The number of rotatable bonds is 3. The van der Waals surface area contributed by atoms with Crippen molar-refractivity contribution in [1.29, 1.82) is 0 Å². The molecule has 0 unspecified atom stereocenters. The summed E-state index contributed by atoms with van der Waals surface area (Å²) in [6.07, 6.45) is 0. The molecule has 0 aliphatic rings. The summed E-state index contributed by atoms with van der Waals surface area (Å²) in [5.74, 6) is -2.27. The second-order valence-corrected chi connectivity index (χ2v) is 5.63. The highest BCUT2D eigenvalue weighted by Gasteiger charge is 2.28. The van der Waals surface area contributed by atoms with Gasteiger partial charge in [0.2, 0.25) is 0 Å². The summed E-state index contributed by atoms with van der Waals surface area (Å²) >= 11 is 0. The van der Waals surface area contributed by atoms with Gasteiger partial charge in [-0.3, -0.25) is 0 Å². The highest BCUT2D eigenvalue weighted by Crippen LogP contribution is 2.47. The normalized spacial score (nSPS) is 10.9. The van der Waals surface area contributed by atoms with Crippen LogP contribution in [0.3, 0.4) is 0 Å². The first-order valence-electron chi connectivity index (χ1n) is 7.43. The Bertz CT molecular complexity index is 863. The van der Waals surface area contributed by atoms with Gasteiger partial charge < -0.3 is 30.6 Å². The lowest BCUT2D eigenvalue weighted by Crippen LogP contribution is -2.05. The lowest BCUT2D eigenvalue weighted by Gasteiger charge is -2.22. The van der Waals surface area contributed by atoms with Gasteiger partial charge in [-0.15, -0.1) is 0 Å². The number of benzene rings is 3. The molecule has 6 N–H and O–H groups in total. The van der Waals surface area contributed by atoms with Gasteiger partial charge in [-0.05, 0) is 24.3 Å². The molecule has 0 spiro atoms. The average molecular weight is 340 g/mol. The van der Waals surface area contributed by atoms with E-state index in [0.29, 0.717) is 0 Å². The molecule has 0 radical (unpaired) electrons. The van der Waals surface area contributed by atoms with Crippen molar-refractivity contribution in [3.05, 3.63) is 71.3 Å².